The Labute approximate surface area is 173 Å². The van der Waals surface area contributed by atoms with Crippen molar-refractivity contribution in [3.8, 4) is 0 Å². The molecule has 0 bridgehead atoms. The summed E-state index contributed by atoms with van der Waals surface area (Å²) >= 11 is 0. The van der Waals surface area contributed by atoms with Crippen molar-refractivity contribution >= 4 is 21.6 Å². The maximum absolute atomic E-state index is 13.8. The third-order valence-corrected chi connectivity index (χ3v) is 5.71. The number of nitrogens with two attached hydrogens (primary N) is 1. The van der Waals surface area contributed by atoms with E-state index >= 15 is 0 Å². The fourth-order valence-corrected chi connectivity index (χ4v) is 4.55. The summed E-state index contributed by atoms with van der Waals surface area (Å²) in [6.07, 6.45) is -4.54. The second kappa shape index (κ2) is 8.29. The zero-order chi connectivity index (χ0) is 23.0. The van der Waals surface area contributed by atoms with Gasteiger partial charge < -0.3 is 15.4 Å². The summed E-state index contributed by atoms with van der Waals surface area (Å²) in [5.74, 6) is -4.35. The van der Waals surface area contributed by atoms with Crippen LogP contribution in [0.2, 0.25) is 0 Å². The highest BCUT2D eigenvalue weighted by molar-refractivity contribution is 7.94. The molecule has 1 aromatic rings. The fraction of sp³-hybridized carbons (Fsp3) is 0.474. The van der Waals surface area contributed by atoms with Gasteiger partial charge in [0.2, 0.25) is 0 Å². The standard InChI is InChI=1S/C19H24F3N3O4S/c1-10(2)29-18(26)14-13(11-8-6-7-9-12(11)19(20,21)22)15(30(5,27)28)16(23)24-17(14)25(3)4/h6-10,13-14H,23H2,1-5H3. The number of carbonyl (C=O) groups is 1. The molecular formula is C19H24F3N3O4S. The van der Waals surface area contributed by atoms with Crippen molar-refractivity contribution in [3.63, 3.8) is 0 Å². The number of carbonyl (C=O) groups excluding carboxylic acids is 1. The highest BCUT2D eigenvalue weighted by atomic mass is 32.2. The van der Waals surface area contributed by atoms with Crippen molar-refractivity contribution in [3.05, 3.63) is 46.1 Å². The number of nitrogens with zero attached hydrogens (tertiary/aromatic N) is 2. The third kappa shape index (κ3) is 4.77. The molecule has 166 valence electrons. The molecule has 1 aliphatic rings. The zero-order valence-electron chi connectivity index (χ0n) is 17.2. The lowest BCUT2D eigenvalue weighted by Crippen LogP contribution is -2.45. The number of halogens is 3. The Morgan fingerprint density at radius 1 is 1.23 bits per heavy atom. The van der Waals surface area contributed by atoms with E-state index in [2.05, 4.69) is 4.99 Å². The smallest absolute Gasteiger partial charge is 0.416 e. The lowest BCUT2D eigenvalue weighted by molar-refractivity contribution is -0.151. The predicted molar refractivity (Wildman–Crippen MR) is 106 cm³/mol. The van der Waals surface area contributed by atoms with Crippen LogP contribution in [0.3, 0.4) is 0 Å². The van der Waals surface area contributed by atoms with Crippen LogP contribution in [0.1, 0.15) is 30.9 Å². The summed E-state index contributed by atoms with van der Waals surface area (Å²) in [7, 11) is -1.07. The third-order valence-electron chi connectivity index (χ3n) is 4.45. The van der Waals surface area contributed by atoms with Gasteiger partial charge in [-0.3, -0.25) is 4.79 Å². The molecule has 7 nitrogen and oxygen atoms in total. The summed E-state index contributed by atoms with van der Waals surface area (Å²) in [5, 5.41) is 0. The first-order chi connectivity index (χ1) is 13.7. The second-order valence-electron chi connectivity index (χ2n) is 7.41. The molecule has 1 heterocycles. The van der Waals surface area contributed by atoms with E-state index in [-0.39, 0.29) is 5.84 Å². The van der Waals surface area contributed by atoms with E-state index in [9.17, 15) is 26.4 Å². The minimum atomic E-state index is -4.78. The van der Waals surface area contributed by atoms with Gasteiger partial charge in [-0.25, -0.2) is 13.4 Å². The Hall–Kier alpha value is -2.56. The molecule has 11 heteroatoms. The number of sulfone groups is 1. The Morgan fingerprint density at radius 3 is 2.27 bits per heavy atom. The molecule has 0 radical (unpaired) electrons. The predicted octanol–water partition coefficient (Wildman–Crippen LogP) is 2.50. The second-order valence-corrected chi connectivity index (χ2v) is 9.40. The minimum Gasteiger partial charge on any atom is -0.462 e. The van der Waals surface area contributed by atoms with Gasteiger partial charge in [-0.15, -0.1) is 0 Å². The van der Waals surface area contributed by atoms with Crippen molar-refractivity contribution in [1.29, 1.82) is 0 Å². The van der Waals surface area contributed by atoms with Gasteiger partial charge in [0, 0.05) is 26.3 Å². The van der Waals surface area contributed by atoms with Crippen LogP contribution in [-0.4, -0.2) is 51.6 Å². The molecule has 0 spiro atoms. The van der Waals surface area contributed by atoms with E-state index < -0.39 is 61.8 Å². The lowest BCUT2D eigenvalue weighted by Gasteiger charge is -2.36. The van der Waals surface area contributed by atoms with Crippen LogP contribution in [-0.2, 0) is 25.5 Å². The lowest BCUT2D eigenvalue weighted by atomic mass is 9.80. The topological polar surface area (TPSA) is 102 Å². The largest absolute Gasteiger partial charge is 0.462 e. The summed E-state index contributed by atoms with van der Waals surface area (Å²) in [4.78, 5) is 17.9. The molecule has 0 fully saturated rings. The van der Waals surface area contributed by atoms with Crippen molar-refractivity contribution in [2.45, 2.75) is 32.0 Å². The number of rotatable bonds is 4. The number of alkyl halides is 3. The normalized spacial score (nSPS) is 20.2. The van der Waals surface area contributed by atoms with Gasteiger partial charge in [-0.1, -0.05) is 18.2 Å². The van der Waals surface area contributed by atoms with E-state index in [1.165, 1.54) is 31.1 Å². The van der Waals surface area contributed by atoms with Crippen LogP contribution >= 0.6 is 0 Å². The van der Waals surface area contributed by atoms with Crippen LogP contribution in [0.4, 0.5) is 13.2 Å². The van der Waals surface area contributed by atoms with E-state index in [0.29, 0.717) is 0 Å². The highest BCUT2D eigenvalue weighted by Crippen LogP contribution is 2.45. The summed E-state index contributed by atoms with van der Waals surface area (Å²) in [6, 6.07) is 4.49. The number of benzene rings is 1. The van der Waals surface area contributed by atoms with Crippen molar-refractivity contribution in [2.24, 2.45) is 16.6 Å². The first-order valence-corrected chi connectivity index (χ1v) is 10.9. The Bertz CT molecular complexity index is 999. The molecule has 1 aliphatic heterocycles. The van der Waals surface area contributed by atoms with Gasteiger partial charge in [-0.05, 0) is 25.5 Å². The van der Waals surface area contributed by atoms with E-state index in [0.717, 1.165) is 18.4 Å². The minimum absolute atomic E-state index is 0.00697. The molecule has 0 amide bonds. The number of hydrogen-bond donors (Lipinski definition) is 1. The number of amidine groups is 1. The summed E-state index contributed by atoms with van der Waals surface area (Å²) in [6.45, 7) is 3.15. The van der Waals surface area contributed by atoms with Gasteiger partial charge in [0.25, 0.3) is 0 Å². The van der Waals surface area contributed by atoms with Gasteiger partial charge in [0.05, 0.1) is 16.6 Å². The van der Waals surface area contributed by atoms with Gasteiger partial charge in [0.15, 0.2) is 9.84 Å². The van der Waals surface area contributed by atoms with Crippen molar-refractivity contribution in [1.82, 2.24) is 4.90 Å². The monoisotopic (exact) mass is 447 g/mol. The molecule has 0 saturated heterocycles. The van der Waals surface area contributed by atoms with Gasteiger partial charge in [0.1, 0.15) is 17.6 Å². The molecule has 0 aliphatic carbocycles. The molecule has 0 aromatic heterocycles. The fourth-order valence-electron chi connectivity index (χ4n) is 3.40. The molecule has 2 atom stereocenters. The maximum Gasteiger partial charge on any atom is 0.416 e. The molecule has 2 unspecified atom stereocenters. The molecule has 1 aromatic carbocycles. The first kappa shape index (κ1) is 23.7. The van der Waals surface area contributed by atoms with Crippen LogP contribution in [0.5, 0.6) is 0 Å². The van der Waals surface area contributed by atoms with Crippen LogP contribution in [0.15, 0.2) is 40.0 Å². The van der Waals surface area contributed by atoms with Crippen LogP contribution in [0, 0.1) is 5.92 Å². The Balaban J connectivity index is 2.91. The average molecular weight is 447 g/mol. The average Bonchev–Trinajstić information content (AvgIpc) is 2.58. The molecule has 0 saturated carbocycles. The Kier molecular flexibility index (Phi) is 6.55. The van der Waals surface area contributed by atoms with Crippen LogP contribution < -0.4 is 5.73 Å². The summed E-state index contributed by atoms with van der Waals surface area (Å²) < 4.78 is 71.7. The van der Waals surface area contributed by atoms with Crippen molar-refractivity contribution < 1.29 is 31.1 Å². The van der Waals surface area contributed by atoms with Crippen LogP contribution in [0.25, 0.3) is 0 Å². The molecular weight excluding hydrogens is 423 g/mol. The number of hydrogen-bond acceptors (Lipinski definition) is 7. The maximum atomic E-state index is 13.8. The number of ether oxygens (including phenoxy) is 1. The summed E-state index contributed by atoms with van der Waals surface area (Å²) in [5.41, 5.74) is 4.44. The number of esters is 1. The zero-order valence-corrected chi connectivity index (χ0v) is 18.0. The quantitative estimate of drug-likeness (QED) is 0.712. The Morgan fingerprint density at radius 2 is 1.80 bits per heavy atom. The number of aliphatic imine (C=N–C) groups is 1. The van der Waals surface area contributed by atoms with Gasteiger partial charge >= 0.3 is 12.1 Å². The molecule has 2 N–H and O–H groups in total. The van der Waals surface area contributed by atoms with Gasteiger partial charge in [-0.2, -0.15) is 13.2 Å². The first-order valence-electron chi connectivity index (χ1n) is 8.98. The van der Waals surface area contributed by atoms with E-state index in [1.807, 2.05) is 0 Å². The van der Waals surface area contributed by atoms with E-state index in [1.54, 1.807) is 13.8 Å². The molecule has 30 heavy (non-hydrogen) atoms. The van der Waals surface area contributed by atoms with E-state index in [4.69, 9.17) is 10.5 Å². The number of allylic oxidation sites excluding steroid dienone is 1. The highest BCUT2D eigenvalue weighted by Gasteiger charge is 2.48. The SMILES string of the molecule is CC(C)OC(=O)C1C(N(C)C)=NC(N)=C(S(C)(=O)=O)C1c1ccccc1C(F)(F)F. The molecule has 2 rings (SSSR count). The van der Waals surface area contributed by atoms with Crippen molar-refractivity contribution in [2.75, 3.05) is 20.4 Å².